The van der Waals surface area contributed by atoms with E-state index >= 15 is 0 Å². The van der Waals surface area contributed by atoms with Crippen LogP contribution in [-0.2, 0) is 21.4 Å². The Bertz CT molecular complexity index is 790. The van der Waals surface area contributed by atoms with Crippen LogP contribution in [-0.4, -0.2) is 41.3 Å². The van der Waals surface area contributed by atoms with Crippen LogP contribution >= 0.6 is 0 Å². The fourth-order valence-corrected chi connectivity index (χ4v) is 4.08. The highest BCUT2D eigenvalue weighted by Gasteiger charge is 2.36. The van der Waals surface area contributed by atoms with Crippen LogP contribution in [0.15, 0.2) is 48.8 Å². The Morgan fingerprint density at radius 2 is 2.00 bits per heavy atom. The number of hydrogen-bond acceptors (Lipinski definition) is 4. The van der Waals surface area contributed by atoms with Crippen LogP contribution in [0.2, 0.25) is 0 Å². The van der Waals surface area contributed by atoms with Crippen LogP contribution in [0.1, 0.15) is 18.0 Å². The van der Waals surface area contributed by atoms with Crippen molar-refractivity contribution in [3.05, 3.63) is 54.4 Å². The van der Waals surface area contributed by atoms with Gasteiger partial charge in [-0.05, 0) is 11.6 Å². The Labute approximate surface area is 141 Å². The standard InChI is InChI=1S/C16H20N4O3S/c17-24(22,23)12-13-9-16(21)20(10-13)15(11-19-8-4-7-18-19)14-5-2-1-3-6-14/h1-8,13,15H,9-12H2,(H2,17,22,23). The van der Waals surface area contributed by atoms with Crippen molar-refractivity contribution in [3.63, 3.8) is 0 Å². The molecule has 2 atom stereocenters. The van der Waals surface area contributed by atoms with Crippen molar-refractivity contribution < 1.29 is 13.2 Å². The van der Waals surface area contributed by atoms with Crippen molar-refractivity contribution >= 4 is 15.9 Å². The number of amides is 1. The lowest BCUT2D eigenvalue weighted by Crippen LogP contribution is -2.34. The predicted octanol–water partition coefficient (Wildman–Crippen LogP) is 0.761. The Balaban J connectivity index is 1.84. The average molecular weight is 348 g/mol. The smallest absolute Gasteiger partial charge is 0.223 e. The number of rotatable bonds is 6. The first-order valence-electron chi connectivity index (χ1n) is 7.75. The van der Waals surface area contributed by atoms with Crippen LogP contribution < -0.4 is 5.14 Å². The maximum atomic E-state index is 12.5. The molecule has 1 fully saturated rings. The van der Waals surface area contributed by atoms with Gasteiger partial charge in [0.15, 0.2) is 0 Å². The molecule has 3 rings (SSSR count). The van der Waals surface area contributed by atoms with Gasteiger partial charge < -0.3 is 4.90 Å². The van der Waals surface area contributed by atoms with Crippen molar-refractivity contribution in [2.24, 2.45) is 11.1 Å². The molecule has 1 amide bonds. The second kappa shape index (κ2) is 6.74. The molecule has 1 aliphatic rings. The third kappa shape index (κ3) is 4.01. The van der Waals surface area contributed by atoms with Crippen LogP contribution in [0.25, 0.3) is 0 Å². The van der Waals surface area contributed by atoms with E-state index in [-0.39, 0.29) is 30.0 Å². The molecule has 7 nitrogen and oxygen atoms in total. The van der Waals surface area contributed by atoms with Gasteiger partial charge in [0.25, 0.3) is 0 Å². The summed E-state index contributed by atoms with van der Waals surface area (Å²) in [5.74, 6) is -0.487. The fraction of sp³-hybridized carbons (Fsp3) is 0.375. The Hall–Kier alpha value is -2.19. The van der Waals surface area contributed by atoms with E-state index in [1.807, 2.05) is 42.6 Å². The molecular formula is C16H20N4O3S. The monoisotopic (exact) mass is 348 g/mol. The first-order valence-corrected chi connectivity index (χ1v) is 9.46. The zero-order valence-electron chi connectivity index (χ0n) is 13.2. The molecule has 0 aliphatic carbocycles. The molecule has 2 heterocycles. The summed E-state index contributed by atoms with van der Waals surface area (Å²) in [7, 11) is -3.59. The van der Waals surface area contributed by atoms with Crippen molar-refractivity contribution in [1.82, 2.24) is 14.7 Å². The average Bonchev–Trinajstić information content (AvgIpc) is 3.14. The van der Waals surface area contributed by atoms with Crippen LogP contribution in [0.4, 0.5) is 0 Å². The molecule has 2 unspecified atom stereocenters. The molecule has 24 heavy (non-hydrogen) atoms. The van der Waals surface area contributed by atoms with Gasteiger partial charge in [0, 0.05) is 31.3 Å². The van der Waals surface area contributed by atoms with E-state index in [2.05, 4.69) is 5.10 Å². The number of likely N-dealkylation sites (tertiary alicyclic amines) is 1. The number of primary sulfonamides is 1. The largest absolute Gasteiger partial charge is 0.333 e. The lowest BCUT2D eigenvalue weighted by atomic mass is 10.1. The molecule has 1 saturated heterocycles. The minimum atomic E-state index is -3.59. The predicted molar refractivity (Wildman–Crippen MR) is 89.2 cm³/mol. The molecule has 2 aromatic rings. The minimum absolute atomic E-state index is 0.0512. The van der Waals surface area contributed by atoms with Gasteiger partial charge >= 0.3 is 0 Å². The van der Waals surface area contributed by atoms with E-state index in [9.17, 15) is 13.2 Å². The SMILES string of the molecule is NS(=O)(=O)CC1CC(=O)N(C(Cn2cccn2)c2ccccc2)C1. The highest BCUT2D eigenvalue weighted by Crippen LogP contribution is 2.30. The second-order valence-electron chi connectivity index (χ2n) is 6.10. The van der Waals surface area contributed by atoms with Crippen molar-refractivity contribution in [3.8, 4) is 0 Å². The van der Waals surface area contributed by atoms with Crippen molar-refractivity contribution in [1.29, 1.82) is 0 Å². The lowest BCUT2D eigenvalue weighted by molar-refractivity contribution is -0.130. The molecule has 1 aromatic carbocycles. The highest BCUT2D eigenvalue weighted by molar-refractivity contribution is 7.89. The number of nitrogens with zero attached hydrogens (tertiary/aromatic N) is 3. The number of hydrogen-bond donors (Lipinski definition) is 1. The summed E-state index contributed by atoms with van der Waals surface area (Å²) >= 11 is 0. The molecule has 8 heteroatoms. The van der Waals surface area contributed by atoms with Crippen molar-refractivity contribution in [2.75, 3.05) is 12.3 Å². The molecule has 0 spiro atoms. The maximum absolute atomic E-state index is 12.5. The quantitative estimate of drug-likeness (QED) is 0.833. The van der Waals surface area contributed by atoms with Gasteiger partial charge in [-0.2, -0.15) is 5.10 Å². The zero-order valence-corrected chi connectivity index (χ0v) is 14.0. The molecule has 1 aromatic heterocycles. The van der Waals surface area contributed by atoms with Gasteiger partial charge in [-0.15, -0.1) is 0 Å². The second-order valence-corrected chi connectivity index (χ2v) is 7.76. The van der Waals surface area contributed by atoms with Gasteiger partial charge in [0.1, 0.15) is 0 Å². The first-order chi connectivity index (χ1) is 11.4. The maximum Gasteiger partial charge on any atom is 0.223 e. The molecule has 128 valence electrons. The zero-order chi connectivity index (χ0) is 17.2. The number of sulfonamides is 1. The van der Waals surface area contributed by atoms with Crippen LogP contribution in [0, 0.1) is 5.92 Å². The Morgan fingerprint density at radius 1 is 1.25 bits per heavy atom. The van der Waals surface area contributed by atoms with E-state index in [1.165, 1.54) is 0 Å². The van der Waals surface area contributed by atoms with Gasteiger partial charge in [0.2, 0.25) is 15.9 Å². The minimum Gasteiger partial charge on any atom is -0.333 e. The molecule has 0 bridgehead atoms. The van der Waals surface area contributed by atoms with Crippen molar-refractivity contribution in [2.45, 2.75) is 19.0 Å². The van der Waals surface area contributed by atoms with Gasteiger partial charge in [-0.3, -0.25) is 9.48 Å². The van der Waals surface area contributed by atoms with E-state index in [0.29, 0.717) is 13.1 Å². The number of benzene rings is 1. The van der Waals surface area contributed by atoms with E-state index in [0.717, 1.165) is 5.56 Å². The third-order valence-corrected chi connectivity index (χ3v) is 5.12. The first kappa shape index (κ1) is 16.7. The third-order valence-electron chi connectivity index (χ3n) is 4.19. The lowest BCUT2D eigenvalue weighted by Gasteiger charge is -2.28. The summed E-state index contributed by atoms with van der Waals surface area (Å²) in [6.45, 7) is 0.904. The summed E-state index contributed by atoms with van der Waals surface area (Å²) < 4.78 is 24.4. The molecular weight excluding hydrogens is 328 g/mol. The Morgan fingerprint density at radius 3 is 2.62 bits per heavy atom. The molecule has 2 N–H and O–H groups in total. The molecule has 0 radical (unpaired) electrons. The Kier molecular flexibility index (Phi) is 4.68. The number of carbonyl (C=O) groups is 1. The highest BCUT2D eigenvalue weighted by atomic mass is 32.2. The van der Waals surface area contributed by atoms with Gasteiger partial charge in [-0.25, -0.2) is 13.6 Å². The normalized spacial score (nSPS) is 19.6. The van der Waals surface area contributed by atoms with E-state index in [4.69, 9.17) is 5.14 Å². The fourth-order valence-electron chi connectivity index (χ4n) is 3.19. The number of nitrogens with two attached hydrogens (primary N) is 1. The summed E-state index contributed by atoms with van der Waals surface area (Å²) in [5.41, 5.74) is 0.998. The van der Waals surface area contributed by atoms with Gasteiger partial charge in [-0.1, -0.05) is 30.3 Å². The molecule has 0 saturated carbocycles. The summed E-state index contributed by atoms with van der Waals surface area (Å²) in [4.78, 5) is 14.2. The summed E-state index contributed by atoms with van der Waals surface area (Å²) in [5, 5.41) is 9.35. The van der Waals surface area contributed by atoms with E-state index < -0.39 is 10.0 Å². The summed E-state index contributed by atoms with van der Waals surface area (Å²) in [6, 6.07) is 11.3. The van der Waals surface area contributed by atoms with E-state index in [1.54, 1.807) is 15.8 Å². The summed E-state index contributed by atoms with van der Waals surface area (Å²) in [6.07, 6.45) is 3.74. The van der Waals surface area contributed by atoms with Crippen LogP contribution in [0.3, 0.4) is 0 Å². The topological polar surface area (TPSA) is 98.3 Å². The van der Waals surface area contributed by atoms with Gasteiger partial charge in [0.05, 0.1) is 18.3 Å². The van der Waals surface area contributed by atoms with Crippen LogP contribution in [0.5, 0.6) is 0 Å². The number of aromatic nitrogens is 2. The molecule has 1 aliphatic heterocycles. The number of carbonyl (C=O) groups excluding carboxylic acids is 1.